The van der Waals surface area contributed by atoms with Crippen LogP contribution in [0.2, 0.25) is 0 Å². The molecular formula is C7H12O3. The van der Waals surface area contributed by atoms with E-state index in [2.05, 4.69) is 0 Å². The molecule has 0 N–H and O–H groups in total. The molecular weight excluding hydrogens is 132 g/mol. The van der Waals surface area contributed by atoms with Gasteiger partial charge in [-0.25, -0.2) is 0 Å². The van der Waals surface area contributed by atoms with Crippen LogP contribution in [0.4, 0.5) is 0 Å². The minimum atomic E-state index is -0.244. The third-order valence-electron chi connectivity index (χ3n) is 1.60. The third kappa shape index (κ3) is 1.70. The van der Waals surface area contributed by atoms with E-state index in [0.717, 1.165) is 0 Å². The Morgan fingerprint density at radius 1 is 1.70 bits per heavy atom. The van der Waals surface area contributed by atoms with E-state index in [9.17, 15) is 4.79 Å². The quantitative estimate of drug-likeness (QED) is 0.423. The highest BCUT2D eigenvalue weighted by atomic mass is 16.6. The largest absolute Gasteiger partial charge is 0.463 e. The van der Waals surface area contributed by atoms with Gasteiger partial charge in [0.25, 0.3) is 0 Å². The van der Waals surface area contributed by atoms with Gasteiger partial charge in [0.15, 0.2) is 0 Å². The molecule has 0 aromatic carbocycles. The zero-order valence-corrected chi connectivity index (χ0v) is 6.51. The van der Waals surface area contributed by atoms with E-state index < -0.39 is 0 Å². The van der Waals surface area contributed by atoms with Gasteiger partial charge < -0.3 is 9.47 Å². The van der Waals surface area contributed by atoms with Crippen LogP contribution in [0, 0.1) is 0 Å². The second-order valence-corrected chi connectivity index (χ2v) is 3.01. The summed E-state index contributed by atoms with van der Waals surface area (Å²) in [6, 6.07) is 0. The molecule has 1 heterocycles. The summed E-state index contributed by atoms with van der Waals surface area (Å²) in [5, 5.41) is 0. The highest BCUT2D eigenvalue weighted by Crippen LogP contribution is 2.35. The summed E-state index contributed by atoms with van der Waals surface area (Å²) in [6.45, 7) is 5.74. The minimum absolute atomic E-state index is 0.0740. The first kappa shape index (κ1) is 7.54. The first-order chi connectivity index (χ1) is 4.52. The highest BCUT2D eigenvalue weighted by molar-refractivity contribution is 5.65. The smallest absolute Gasteiger partial charge is 0.302 e. The van der Waals surface area contributed by atoms with Crippen molar-refractivity contribution in [2.45, 2.75) is 32.5 Å². The zero-order chi connectivity index (χ0) is 7.78. The van der Waals surface area contributed by atoms with E-state index in [1.807, 2.05) is 13.8 Å². The average molecular weight is 144 g/mol. The molecule has 0 spiro atoms. The minimum Gasteiger partial charge on any atom is -0.463 e. The SMILES string of the molecule is CC(=O)OC[C@H]1OC1(C)C. The molecule has 0 aromatic heterocycles. The van der Waals surface area contributed by atoms with Gasteiger partial charge in [0.2, 0.25) is 0 Å². The molecule has 1 fully saturated rings. The van der Waals surface area contributed by atoms with Gasteiger partial charge in [-0.1, -0.05) is 0 Å². The molecule has 0 saturated carbocycles. The molecule has 0 radical (unpaired) electrons. The molecule has 1 saturated heterocycles. The Kier molecular flexibility index (Phi) is 1.68. The number of ether oxygens (including phenoxy) is 2. The lowest BCUT2D eigenvalue weighted by atomic mass is 10.1. The molecule has 0 aromatic rings. The molecule has 58 valence electrons. The topological polar surface area (TPSA) is 38.8 Å². The van der Waals surface area contributed by atoms with Gasteiger partial charge in [0, 0.05) is 6.92 Å². The van der Waals surface area contributed by atoms with Gasteiger partial charge in [0.05, 0.1) is 5.60 Å². The third-order valence-corrected chi connectivity index (χ3v) is 1.60. The lowest BCUT2D eigenvalue weighted by Crippen LogP contribution is -2.12. The van der Waals surface area contributed by atoms with Crippen molar-refractivity contribution in [3.05, 3.63) is 0 Å². The van der Waals surface area contributed by atoms with Crippen LogP contribution in [-0.4, -0.2) is 24.3 Å². The molecule has 3 heteroatoms. The Hall–Kier alpha value is -0.570. The number of carbonyl (C=O) groups excluding carboxylic acids is 1. The van der Waals surface area contributed by atoms with Crippen LogP contribution >= 0.6 is 0 Å². The molecule has 0 amide bonds. The molecule has 0 bridgehead atoms. The van der Waals surface area contributed by atoms with Gasteiger partial charge in [-0.2, -0.15) is 0 Å². The van der Waals surface area contributed by atoms with Crippen LogP contribution in [-0.2, 0) is 14.3 Å². The summed E-state index contributed by atoms with van der Waals surface area (Å²) in [4.78, 5) is 10.3. The first-order valence-corrected chi connectivity index (χ1v) is 3.33. The summed E-state index contributed by atoms with van der Waals surface area (Å²) in [7, 11) is 0. The maximum Gasteiger partial charge on any atom is 0.302 e. The maximum atomic E-state index is 10.3. The van der Waals surface area contributed by atoms with Gasteiger partial charge >= 0.3 is 5.97 Å². The summed E-state index contributed by atoms with van der Waals surface area (Å²) in [6.07, 6.45) is 0.108. The van der Waals surface area contributed by atoms with Crippen molar-refractivity contribution < 1.29 is 14.3 Å². The number of rotatable bonds is 2. The lowest BCUT2D eigenvalue weighted by Gasteiger charge is -1.97. The van der Waals surface area contributed by atoms with Crippen molar-refractivity contribution in [2.75, 3.05) is 6.61 Å². The molecule has 1 atom stereocenters. The monoisotopic (exact) mass is 144 g/mol. The van der Waals surface area contributed by atoms with Crippen molar-refractivity contribution in [1.29, 1.82) is 0 Å². The summed E-state index contributed by atoms with van der Waals surface area (Å²) < 4.78 is 9.91. The summed E-state index contributed by atoms with van der Waals surface area (Å²) >= 11 is 0. The fourth-order valence-electron chi connectivity index (χ4n) is 0.760. The number of carbonyl (C=O) groups is 1. The molecule has 1 aliphatic rings. The normalized spacial score (nSPS) is 27.7. The first-order valence-electron chi connectivity index (χ1n) is 3.33. The van der Waals surface area contributed by atoms with Crippen LogP contribution in [0.5, 0.6) is 0 Å². The van der Waals surface area contributed by atoms with Crippen LogP contribution in [0.15, 0.2) is 0 Å². The molecule has 3 nitrogen and oxygen atoms in total. The van der Waals surface area contributed by atoms with Crippen LogP contribution in [0.3, 0.4) is 0 Å². The Bertz CT molecular complexity index is 151. The number of epoxide rings is 1. The van der Waals surface area contributed by atoms with E-state index in [1.165, 1.54) is 6.92 Å². The number of esters is 1. The van der Waals surface area contributed by atoms with E-state index in [0.29, 0.717) is 6.61 Å². The fraction of sp³-hybridized carbons (Fsp3) is 0.857. The Morgan fingerprint density at radius 3 is 2.50 bits per heavy atom. The second-order valence-electron chi connectivity index (χ2n) is 3.01. The molecule has 1 rings (SSSR count). The van der Waals surface area contributed by atoms with E-state index in [-0.39, 0.29) is 17.7 Å². The lowest BCUT2D eigenvalue weighted by molar-refractivity contribution is -0.141. The highest BCUT2D eigenvalue weighted by Gasteiger charge is 2.48. The van der Waals surface area contributed by atoms with Crippen molar-refractivity contribution in [2.24, 2.45) is 0 Å². The Labute approximate surface area is 60.3 Å². The van der Waals surface area contributed by atoms with Crippen molar-refractivity contribution in [3.8, 4) is 0 Å². The molecule has 0 aliphatic carbocycles. The average Bonchev–Trinajstić information content (AvgIpc) is 2.35. The van der Waals surface area contributed by atoms with Crippen LogP contribution in [0.25, 0.3) is 0 Å². The predicted octanol–water partition coefficient (Wildman–Crippen LogP) is 0.727. The van der Waals surface area contributed by atoms with Crippen LogP contribution < -0.4 is 0 Å². The van der Waals surface area contributed by atoms with Gasteiger partial charge in [-0.15, -0.1) is 0 Å². The zero-order valence-electron chi connectivity index (χ0n) is 6.51. The van der Waals surface area contributed by atoms with Crippen molar-refractivity contribution >= 4 is 5.97 Å². The standard InChI is InChI=1S/C7H12O3/c1-5(8)9-4-6-7(2,3)10-6/h6H,4H2,1-3H3/t6-/m1/s1. The van der Waals surface area contributed by atoms with Gasteiger partial charge in [-0.3, -0.25) is 4.79 Å². The maximum absolute atomic E-state index is 10.3. The fourth-order valence-corrected chi connectivity index (χ4v) is 0.760. The number of hydrogen-bond donors (Lipinski definition) is 0. The van der Waals surface area contributed by atoms with Crippen molar-refractivity contribution in [1.82, 2.24) is 0 Å². The summed E-state index contributed by atoms with van der Waals surface area (Å²) in [5.74, 6) is -0.244. The molecule has 0 unspecified atom stereocenters. The molecule has 1 aliphatic heterocycles. The second kappa shape index (κ2) is 2.23. The molecule has 10 heavy (non-hydrogen) atoms. The Balaban J connectivity index is 2.13. The van der Waals surface area contributed by atoms with Gasteiger partial charge in [-0.05, 0) is 13.8 Å². The summed E-state index contributed by atoms with van der Waals surface area (Å²) in [5.41, 5.74) is -0.0740. The van der Waals surface area contributed by atoms with Crippen LogP contribution in [0.1, 0.15) is 20.8 Å². The van der Waals surface area contributed by atoms with E-state index in [4.69, 9.17) is 9.47 Å². The predicted molar refractivity (Wildman–Crippen MR) is 35.6 cm³/mol. The van der Waals surface area contributed by atoms with E-state index >= 15 is 0 Å². The van der Waals surface area contributed by atoms with Gasteiger partial charge in [0.1, 0.15) is 12.7 Å². The number of hydrogen-bond acceptors (Lipinski definition) is 3. The Morgan fingerprint density at radius 2 is 2.20 bits per heavy atom. The van der Waals surface area contributed by atoms with E-state index in [1.54, 1.807) is 0 Å². The van der Waals surface area contributed by atoms with Crippen molar-refractivity contribution in [3.63, 3.8) is 0 Å².